The van der Waals surface area contributed by atoms with E-state index in [2.05, 4.69) is 31.3 Å². The summed E-state index contributed by atoms with van der Waals surface area (Å²) in [5.41, 5.74) is 3.82. The van der Waals surface area contributed by atoms with Gasteiger partial charge in [-0.15, -0.1) is 0 Å². The summed E-state index contributed by atoms with van der Waals surface area (Å²) in [6.07, 6.45) is 2.51. The second kappa shape index (κ2) is 8.45. The molecule has 1 N–H and O–H groups in total. The molecule has 1 amide bonds. The van der Waals surface area contributed by atoms with Gasteiger partial charge in [0.2, 0.25) is 10.0 Å². The molecule has 6 heteroatoms. The van der Waals surface area contributed by atoms with Crippen LogP contribution in [0.3, 0.4) is 0 Å². The van der Waals surface area contributed by atoms with E-state index in [1.807, 2.05) is 13.0 Å². The maximum atomic E-state index is 12.8. The highest BCUT2D eigenvalue weighted by atomic mass is 32.2. The molecule has 2 aromatic carbocycles. The fraction of sp³-hybridized carbons (Fsp3) is 0.409. The van der Waals surface area contributed by atoms with Crippen molar-refractivity contribution in [1.29, 1.82) is 0 Å². The number of hydrogen-bond acceptors (Lipinski definition) is 3. The van der Waals surface area contributed by atoms with Crippen LogP contribution in [0.4, 0.5) is 0 Å². The Morgan fingerprint density at radius 1 is 1.07 bits per heavy atom. The molecule has 5 nitrogen and oxygen atoms in total. The Morgan fingerprint density at radius 3 is 2.43 bits per heavy atom. The van der Waals surface area contributed by atoms with Crippen molar-refractivity contribution in [3.8, 4) is 0 Å². The minimum absolute atomic E-state index is 0.120. The van der Waals surface area contributed by atoms with Crippen molar-refractivity contribution < 1.29 is 13.2 Å². The molecular weight excluding hydrogens is 372 g/mol. The fourth-order valence-electron chi connectivity index (χ4n) is 3.52. The molecule has 1 atom stereocenters. The van der Waals surface area contributed by atoms with Crippen LogP contribution in [0, 0.1) is 13.8 Å². The molecule has 1 aliphatic rings. The number of amides is 1. The van der Waals surface area contributed by atoms with E-state index in [0.29, 0.717) is 18.7 Å². The molecule has 1 saturated heterocycles. The standard InChI is InChI=1S/C22H28N2O3S/c1-4-21(18-11-10-16(2)17(3)14-18)23-22(25)19-8-7-9-20(15-19)28(26,27)24-12-5-6-13-24/h7-11,14-15,21H,4-6,12-13H2,1-3H3,(H,23,25)/t21-/m1/s1. The molecule has 0 bridgehead atoms. The van der Waals surface area contributed by atoms with Gasteiger partial charge in [0.05, 0.1) is 10.9 Å². The summed E-state index contributed by atoms with van der Waals surface area (Å²) in [5.74, 6) is -0.261. The maximum Gasteiger partial charge on any atom is 0.251 e. The molecule has 0 saturated carbocycles. The van der Waals surface area contributed by atoms with E-state index < -0.39 is 10.0 Å². The topological polar surface area (TPSA) is 66.5 Å². The van der Waals surface area contributed by atoms with Gasteiger partial charge >= 0.3 is 0 Å². The van der Waals surface area contributed by atoms with Crippen molar-refractivity contribution in [2.75, 3.05) is 13.1 Å². The molecule has 1 heterocycles. The lowest BCUT2D eigenvalue weighted by molar-refractivity contribution is 0.0935. The summed E-state index contributed by atoms with van der Waals surface area (Å²) in [5, 5.41) is 3.05. The van der Waals surface area contributed by atoms with Gasteiger partial charge in [0, 0.05) is 18.7 Å². The number of carbonyl (C=O) groups excluding carboxylic acids is 1. The van der Waals surface area contributed by atoms with Gasteiger partial charge in [-0.25, -0.2) is 8.42 Å². The lowest BCUT2D eigenvalue weighted by atomic mass is 9.99. The van der Waals surface area contributed by atoms with Crippen LogP contribution in [0.1, 0.15) is 59.3 Å². The van der Waals surface area contributed by atoms with E-state index in [-0.39, 0.29) is 16.8 Å². The molecule has 0 unspecified atom stereocenters. The third-order valence-corrected chi connectivity index (χ3v) is 7.34. The molecule has 1 fully saturated rings. The highest BCUT2D eigenvalue weighted by Gasteiger charge is 2.27. The van der Waals surface area contributed by atoms with Gasteiger partial charge in [-0.05, 0) is 68.0 Å². The predicted molar refractivity (Wildman–Crippen MR) is 111 cm³/mol. The number of aryl methyl sites for hydroxylation is 2. The number of sulfonamides is 1. The van der Waals surface area contributed by atoms with E-state index in [1.165, 1.54) is 21.5 Å². The zero-order chi connectivity index (χ0) is 20.3. The lowest BCUT2D eigenvalue weighted by Crippen LogP contribution is -2.30. The van der Waals surface area contributed by atoms with Gasteiger partial charge in [0.25, 0.3) is 5.91 Å². The van der Waals surface area contributed by atoms with Crippen molar-refractivity contribution in [1.82, 2.24) is 9.62 Å². The van der Waals surface area contributed by atoms with E-state index in [4.69, 9.17) is 0 Å². The SMILES string of the molecule is CC[C@@H](NC(=O)c1cccc(S(=O)(=O)N2CCCC2)c1)c1ccc(C)c(C)c1. The third-order valence-electron chi connectivity index (χ3n) is 5.45. The Morgan fingerprint density at radius 2 is 1.79 bits per heavy atom. The molecule has 28 heavy (non-hydrogen) atoms. The number of nitrogens with one attached hydrogen (secondary N) is 1. The Labute approximate surface area is 167 Å². The minimum atomic E-state index is -3.54. The monoisotopic (exact) mass is 400 g/mol. The summed E-state index contributed by atoms with van der Waals surface area (Å²) in [7, 11) is -3.54. The molecule has 0 aromatic heterocycles. The van der Waals surface area contributed by atoms with Gasteiger partial charge in [0.1, 0.15) is 0 Å². The molecule has 0 aliphatic carbocycles. The van der Waals surface area contributed by atoms with Gasteiger partial charge in [-0.1, -0.05) is 31.2 Å². The fourth-order valence-corrected chi connectivity index (χ4v) is 5.08. The predicted octanol–water partition coefficient (Wildman–Crippen LogP) is 3.97. The van der Waals surface area contributed by atoms with Crippen molar-refractivity contribution in [3.63, 3.8) is 0 Å². The Kier molecular flexibility index (Phi) is 6.20. The zero-order valence-electron chi connectivity index (χ0n) is 16.7. The summed E-state index contributed by atoms with van der Waals surface area (Å²) < 4.78 is 27.0. The minimum Gasteiger partial charge on any atom is -0.345 e. The molecule has 150 valence electrons. The highest BCUT2D eigenvalue weighted by molar-refractivity contribution is 7.89. The summed E-state index contributed by atoms with van der Waals surface area (Å²) in [6, 6.07) is 12.4. The first-order valence-corrected chi connectivity index (χ1v) is 11.2. The Hall–Kier alpha value is -2.18. The first kappa shape index (κ1) is 20.6. The average molecular weight is 401 g/mol. The zero-order valence-corrected chi connectivity index (χ0v) is 17.6. The molecule has 3 rings (SSSR count). The summed E-state index contributed by atoms with van der Waals surface area (Å²) >= 11 is 0. The quantitative estimate of drug-likeness (QED) is 0.798. The van der Waals surface area contributed by atoms with Crippen LogP contribution >= 0.6 is 0 Å². The van der Waals surface area contributed by atoms with Crippen molar-refractivity contribution >= 4 is 15.9 Å². The molecule has 0 radical (unpaired) electrons. The first-order valence-electron chi connectivity index (χ1n) is 9.81. The normalized spacial score (nSPS) is 16.1. The van der Waals surface area contributed by atoms with Crippen LogP contribution in [0.15, 0.2) is 47.4 Å². The van der Waals surface area contributed by atoms with Gasteiger partial charge in [-0.2, -0.15) is 4.31 Å². The van der Waals surface area contributed by atoms with Crippen LogP contribution < -0.4 is 5.32 Å². The number of benzene rings is 2. The molecule has 0 spiro atoms. The Balaban J connectivity index is 1.81. The number of carbonyl (C=O) groups is 1. The van der Waals surface area contributed by atoms with E-state index >= 15 is 0 Å². The number of nitrogens with zero attached hydrogens (tertiary/aromatic N) is 1. The second-order valence-electron chi connectivity index (χ2n) is 7.42. The number of hydrogen-bond donors (Lipinski definition) is 1. The van der Waals surface area contributed by atoms with Gasteiger partial charge < -0.3 is 5.32 Å². The largest absolute Gasteiger partial charge is 0.345 e. The van der Waals surface area contributed by atoms with E-state index in [1.54, 1.807) is 18.2 Å². The first-order chi connectivity index (χ1) is 13.3. The molecule has 2 aromatic rings. The number of rotatable bonds is 6. The smallest absolute Gasteiger partial charge is 0.251 e. The summed E-state index contributed by atoms with van der Waals surface area (Å²) in [6.45, 7) is 7.23. The maximum absolute atomic E-state index is 12.8. The van der Waals surface area contributed by atoms with Crippen LogP contribution in [0.5, 0.6) is 0 Å². The van der Waals surface area contributed by atoms with Crippen molar-refractivity contribution in [2.24, 2.45) is 0 Å². The third kappa shape index (κ3) is 4.28. The van der Waals surface area contributed by atoms with Crippen LogP contribution in [-0.4, -0.2) is 31.7 Å². The lowest BCUT2D eigenvalue weighted by Gasteiger charge is -2.19. The molecule has 1 aliphatic heterocycles. The van der Waals surface area contributed by atoms with E-state index in [9.17, 15) is 13.2 Å². The summed E-state index contributed by atoms with van der Waals surface area (Å²) in [4.78, 5) is 13.0. The Bertz CT molecular complexity index is 963. The molecular formula is C22H28N2O3S. The highest BCUT2D eigenvalue weighted by Crippen LogP contribution is 2.23. The second-order valence-corrected chi connectivity index (χ2v) is 9.35. The van der Waals surface area contributed by atoms with Crippen molar-refractivity contribution in [2.45, 2.75) is 51.0 Å². The van der Waals surface area contributed by atoms with Gasteiger partial charge in [0.15, 0.2) is 0 Å². The van der Waals surface area contributed by atoms with Crippen molar-refractivity contribution in [3.05, 3.63) is 64.7 Å². The van der Waals surface area contributed by atoms with Crippen LogP contribution in [0.25, 0.3) is 0 Å². The average Bonchev–Trinajstić information content (AvgIpc) is 3.24. The van der Waals surface area contributed by atoms with Crippen LogP contribution in [0.2, 0.25) is 0 Å². The van der Waals surface area contributed by atoms with E-state index in [0.717, 1.165) is 24.8 Å². The van der Waals surface area contributed by atoms with Gasteiger partial charge in [-0.3, -0.25) is 4.79 Å². The van der Waals surface area contributed by atoms with Crippen LogP contribution in [-0.2, 0) is 10.0 Å².